The first-order valence-electron chi connectivity index (χ1n) is 8.94. The van der Waals surface area contributed by atoms with Crippen molar-refractivity contribution in [1.82, 2.24) is 10.2 Å². The summed E-state index contributed by atoms with van der Waals surface area (Å²) in [5, 5.41) is 11.6. The number of amides is 2. The summed E-state index contributed by atoms with van der Waals surface area (Å²) in [7, 11) is 0. The van der Waals surface area contributed by atoms with Gasteiger partial charge in [-0.05, 0) is 24.8 Å². The van der Waals surface area contributed by atoms with E-state index in [-0.39, 0.29) is 23.9 Å². The molecular weight excluding hydrogens is 304 g/mol. The first-order chi connectivity index (χ1) is 11.6. The Labute approximate surface area is 143 Å². The summed E-state index contributed by atoms with van der Waals surface area (Å²) in [6, 6.07) is 10.4. The first kappa shape index (κ1) is 16.8. The number of urea groups is 1. The van der Waals surface area contributed by atoms with Gasteiger partial charge in [0, 0.05) is 24.9 Å². The zero-order chi connectivity index (χ0) is 17.0. The maximum atomic E-state index is 12.5. The van der Waals surface area contributed by atoms with Crippen molar-refractivity contribution in [3.63, 3.8) is 0 Å². The van der Waals surface area contributed by atoms with Gasteiger partial charge < -0.3 is 15.3 Å². The number of carbonyl (C=O) groups excluding carboxylic acids is 1. The standard InChI is InChI=1S/C19H26N2O3/c22-16(23)10-7-13-20-18(24)21-14-19(11-5-2-6-12-19)17(21)15-8-3-1-4-9-15/h1,3-4,8-9,17H,2,5-7,10-14H2,(H,20,24)(H,22,23). The van der Waals surface area contributed by atoms with Crippen LogP contribution >= 0.6 is 0 Å². The number of nitrogens with one attached hydrogen (secondary N) is 1. The molecule has 1 aliphatic heterocycles. The molecule has 3 rings (SSSR count). The molecule has 1 saturated carbocycles. The highest BCUT2D eigenvalue weighted by Crippen LogP contribution is 2.56. The minimum Gasteiger partial charge on any atom is -0.481 e. The number of hydrogen-bond acceptors (Lipinski definition) is 2. The fraction of sp³-hybridized carbons (Fsp3) is 0.579. The van der Waals surface area contributed by atoms with Crippen molar-refractivity contribution in [2.45, 2.75) is 51.0 Å². The Kier molecular flexibility index (Phi) is 5.07. The van der Waals surface area contributed by atoms with Gasteiger partial charge in [0.25, 0.3) is 0 Å². The summed E-state index contributed by atoms with van der Waals surface area (Å²) in [6.07, 6.45) is 6.73. The highest BCUT2D eigenvalue weighted by molar-refractivity contribution is 5.76. The van der Waals surface area contributed by atoms with Crippen molar-refractivity contribution in [2.75, 3.05) is 13.1 Å². The fourth-order valence-corrected chi connectivity index (χ4v) is 4.32. The van der Waals surface area contributed by atoms with Crippen LogP contribution in [0.2, 0.25) is 0 Å². The third kappa shape index (κ3) is 3.40. The molecule has 5 nitrogen and oxygen atoms in total. The zero-order valence-electron chi connectivity index (χ0n) is 14.0. The molecule has 24 heavy (non-hydrogen) atoms. The van der Waals surface area contributed by atoms with Crippen LogP contribution in [0.15, 0.2) is 30.3 Å². The Balaban J connectivity index is 1.66. The Morgan fingerprint density at radius 3 is 2.54 bits per heavy atom. The van der Waals surface area contributed by atoms with Crippen molar-refractivity contribution < 1.29 is 14.7 Å². The SMILES string of the molecule is O=C(O)CCCNC(=O)N1CC2(CCCCC2)C1c1ccccc1. The number of carboxylic acids is 1. The van der Waals surface area contributed by atoms with Gasteiger partial charge in [-0.15, -0.1) is 0 Å². The van der Waals surface area contributed by atoms with E-state index in [2.05, 4.69) is 17.4 Å². The number of hydrogen-bond donors (Lipinski definition) is 2. The number of benzene rings is 1. The Hall–Kier alpha value is -2.04. The van der Waals surface area contributed by atoms with Crippen LogP contribution in [-0.4, -0.2) is 35.1 Å². The lowest BCUT2D eigenvalue weighted by Crippen LogP contribution is -2.63. The highest BCUT2D eigenvalue weighted by Gasteiger charge is 2.54. The summed E-state index contributed by atoms with van der Waals surface area (Å²) in [5.41, 5.74) is 1.45. The van der Waals surface area contributed by atoms with Crippen molar-refractivity contribution in [2.24, 2.45) is 5.41 Å². The van der Waals surface area contributed by atoms with Crippen LogP contribution in [0.3, 0.4) is 0 Å². The van der Waals surface area contributed by atoms with Crippen molar-refractivity contribution in [3.8, 4) is 0 Å². The minimum absolute atomic E-state index is 0.0644. The summed E-state index contributed by atoms with van der Waals surface area (Å²) in [6.45, 7) is 1.23. The van der Waals surface area contributed by atoms with Crippen LogP contribution in [0.5, 0.6) is 0 Å². The van der Waals surface area contributed by atoms with Gasteiger partial charge in [-0.25, -0.2) is 4.79 Å². The fourth-order valence-electron chi connectivity index (χ4n) is 4.32. The maximum Gasteiger partial charge on any atom is 0.317 e. The molecule has 0 radical (unpaired) electrons. The number of carbonyl (C=O) groups is 2. The lowest BCUT2D eigenvalue weighted by molar-refractivity contribution is -0.137. The second-order valence-electron chi connectivity index (χ2n) is 7.09. The average Bonchev–Trinajstić information content (AvgIpc) is 2.58. The van der Waals surface area contributed by atoms with Crippen LogP contribution in [0.1, 0.15) is 56.6 Å². The van der Waals surface area contributed by atoms with E-state index in [1.165, 1.54) is 37.7 Å². The third-order valence-electron chi connectivity index (χ3n) is 5.45. The zero-order valence-corrected chi connectivity index (χ0v) is 14.0. The summed E-state index contributed by atoms with van der Waals surface area (Å²) < 4.78 is 0. The van der Waals surface area contributed by atoms with Gasteiger partial charge in [0.1, 0.15) is 0 Å². The molecule has 5 heteroatoms. The molecule has 1 heterocycles. The first-order valence-corrected chi connectivity index (χ1v) is 8.94. The van der Waals surface area contributed by atoms with E-state index < -0.39 is 5.97 Å². The van der Waals surface area contributed by atoms with Gasteiger partial charge in [-0.1, -0.05) is 49.6 Å². The largest absolute Gasteiger partial charge is 0.481 e. The van der Waals surface area contributed by atoms with Gasteiger partial charge >= 0.3 is 12.0 Å². The summed E-state index contributed by atoms with van der Waals surface area (Å²) in [5.74, 6) is -0.823. The molecule has 1 unspecified atom stereocenters. The normalized spacial score (nSPS) is 22.0. The summed E-state index contributed by atoms with van der Waals surface area (Å²) in [4.78, 5) is 25.0. The third-order valence-corrected chi connectivity index (χ3v) is 5.45. The molecule has 2 aliphatic rings. The Morgan fingerprint density at radius 1 is 1.17 bits per heavy atom. The smallest absolute Gasteiger partial charge is 0.317 e. The molecule has 1 saturated heterocycles. The van der Waals surface area contributed by atoms with E-state index in [1.54, 1.807) is 0 Å². The molecule has 1 atom stereocenters. The van der Waals surface area contributed by atoms with E-state index >= 15 is 0 Å². The lowest BCUT2D eigenvalue weighted by atomic mass is 9.61. The van der Waals surface area contributed by atoms with Crippen LogP contribution in [0.4, 0.5) is 4.79 Å². The minimum atomic E-state index is -0.823. The van der Waals surface area contributed by atoms with E-state index in [4.69, 9.17) is 5.11 Å². The molecule has 0 bridgehead atoms. The quantitative estimate of drug-likeness (QED) is 0.811. The number of aliphatic carboxylic acids is 1. The number of nitrogens with zero attached hydrogens (tertiary/aromatic N) is 1. The van der Waals surface area contributed by atoms with E-state index in [1.807, 2.05) is 23.1 Å². The molecule has 2 fully saturated rings. The predicted molar refractivity (Wildman–Crippen MR) is 91.7 cm³/mol. The average molecular weight is 330 g/mol. The highest BCUT2D eigenvalue weighted by atomic mass is 16.4. The number of likely N-dealkylation sites (tertiary alicyclic amines) is 1. The molecule has 2 N–H and O–H groups in total. The van der Waals surface area contributed by atoms with E-state index in [9.17, 15) is 9.59 Å². The Morgan fingerprint density at radius 2 is 1.88 bits per heavy atom. The van der Waals surface area contributed by atoms with Crippen LogP contribution in [0.25, 0.3) is 0 Å². The Bertz CT molecular complexity index is 582. The van der Waals surface area contributed by atoms with Crippen LogP contribution < -0.4 is 5.32 Å². The predicted octanol–water partition coefficient (Wildman–Crippen LogP) is 3.57. The van der Waals surface area contributed by atoms with Crippen LogP contribution in [-0.2, 0) is 4.79 Å². The molecule has 1 aromatic rings. The molecule has 1 aromatic carbocycles. The van der Waals surface area contributed by atoms with Crippen LogP contribution in [0, 0.1) is 5.41 Å². The topological polar surface area (TPSA) is 69.6 Å². The van der Waals surface area contributed by atoms with Gasteiger partial charge in [0.2, 0.25) is 0 Å². The molecule has 0 aromatic heterocycles. The van der Waals surface area contributed by atoms with Crippen molar-refractivity contribution in [1.29, 1.82) is 0 Å². The van der Waals surface area contributed by atoms with E-state index in [0.717, 1.165) is 6.54 Å². The van der Waals surface area contributed by atoms with Gasteiger partial charge in [0.15, 0.2) is 0 Å². The molecule has 1 aliphatic carbocycles. The van der Waals surface area contributed by atoms with Gasteiger partial charge in [-0.3, -0.25) is 4.79 Å². The molecular formula is C19H26N2O3. The van der Waals surface area contributed by atoms with Gasteiger partial charge in [0.05, 0.1) is 6.04 Å². The van der Waals surface area contributed by atoms with Gasteiger partial charge in [-0.2, -0.15) is 0 Å². The molecule has 2 amide bonds. The second kappa shape index (κ2) is 7.24. The van der Waals surface area contributed by atoms with Crippen molar-refractivity contribution in [3.05, 3.63) is 35.9 Å². The maximum absolute atomic E-state index is 12.5. The lowest BCUT2D eigenvalue weighted by Gasteiger charge is -2.59. The monoisotopic (exact) mass is 330 g/mol. The molecule has 130 valence electrons. The van der Waals surface area contributed by atoms with Crippen molar-refractivity contribution >= 4 is 12.0 Å². The summed E-state index contributed by atoms with van der Waals surface area (Å²) >= 11 is 0. The number of rotatable bonds is 5. The number of carboxylic acid groups (broad SMARTS) is 1. The van der Waals surface area contributed by atoms with E-state index in [0.29, 0.717) is 13.0 Å². The molecule has 1 spiro atoms. The second-order valence-corrected chi connectivity index (χ2v) is 7.09.